The van der Waals surface area contributed by atoms with E-state index in [1.807, 2.05) is 208 Å². The fraction of sp³-hybridized carbons (Fsp3) is 0.196. The van der Waals surface area contributed by atoms with E-state index >= 15 is 0 Å². The van der Waals surface area contributed by atoms with Gasteiger partial charge in [-0.05, 0) is 171 Å². The van der Waals surface area contributed by atoms with Crippen LogP contribution in [0, 0.1) is 68.1 Å². The number of aryl methyl sites for hydroxylation is 15. The van der Waals surface area contributed by atoms with E-state index in [0.717, 1.165) is 79.4 Å². The quantitative estimate of drug-likeness (QED) is 0.0298. The van der Waals surface area contributed by atoms with E-state index in [1.165, 1.54) is 47.7 Å². The Kier molecular flexibility index (Phi) is 36.3. The van der Waals surface area contributed by atoms with Crippen molar-refractivity contribution in [1.82, 2.24) is 60.8 Å². The monoisotopic (exact) mass is 1950 g/mol. The van der Waals surface area contributed by atoms with Crippen LogP contribution in [0.5, 0.6) is 0 Å². The first-order valence-electron chi connectivity index (χ1n) is 45.4. The van der Waals surface area contributed by atoms with Crippen molar-refractivity contribution in [1.29, 1.82) is 0 Å². The van der Waals surface area contributed by atoms with Gasteiger partial charge in [-0.1, -0.05) is 174 Å². The Labute approximate surface area is 826 Å². The first-order chi connectivity index (χ1) is 68.4. The number of nitrogens with zero attached hydrogens (tertiary/aromatic N) is 12. The first-order valence-corrected chi connectivity index (χ1v) is 46.2. The van der Waals surface area contributed by atoms with Gasteiger partial charge in [0.2, 0.25) is 0 Å². The third kappa shape index (κ3) is 30.4. The van der Waals surface area contributed by atoms with Gasteiger partial charge in [0, 0.05) is 252 Å². The molecule has 0 radical (unpaired) electrons. The zero-order valence-electron chi connectivity index (χ0n) is 79.2. The number of halogens is 6. The van der Waals surface area contributed by atoms with Gasteiger partial charge in [0.15, 0.2) is 34.7 Å². The van der Waals surface area contributed by atoms with Crippen LogP contribution in [0.25, 0.3) is 67.5 Å². The predicted molar refractivity (Wildman–Crippen MR) is 531 cm³/mol. The Balaban J connectivity index is 0.000000143. The standard InChI is InChI=1S/C19H17ClN2O2.C19H15F3N2O2.2C19H18N2O2.C18H15ClN2O2.C18H15FN2O2/c1-12-3-7-16(17(20)9-12)18-10-15(24-22-18)6-8-19(23)14-5-4-13(2)21-11-14;1-12-6-7-13(11-23-12)18(25)9-8-14-10-17(24-26-14)15-4-2-3-5-16(15)19(20,21)22;2*1-13-3-6-15(7-4-13)18-11-17(23-21-18)9-10-19(22)16-8-5-14(2)20-12-16;2*1-12-6-7-13(11-20-12)18(22)9-8-14-10-17(21-23-14)15-4-2-3-5-16(15)19/h3-5,7,9-11H,6,8H2,1-2H3;2-7,10-11H,8-9H2,1H3;2*3-8,11-12H,9-10H2,1-2H3;2*2-7,10-11H,8-9H2,1H3. The summed E-state index contributed by atoms with van der Waals surface area (Å²) in [6.45, 7) is 17.3. The number of pyridine rings is 6. The Morgan fingerprint density at radius 1 is 0.261 bits per heavy atom. The summed E-state index contributed by atoms with van der Waals surface area (Å²) in [6.07, 6.45) is 9.65. The Bertz CT molecular complexity index is 7000. The molecule has 0 N–H and O–H groups in total. The van der Waals surface area contributed by atoms with Crippen molar-refractivity contribution in [3.63, 3.8) is 0 Å². The number of Topliss-reactive ketones (excluding diaryl/α,β-unsaturated/α-hetero) is 6. The summed E-state index contributed by atoms with van der Waals surface area (Å²) < 4.78 is 84.6. The van der Waals surface area contributed by atoms with Crippen molar-refractivity contribution in [2.75, 3.05) is 0 Å². The topological polar surface area (TPSA) is 336 Å². The summed E-state index contributed by atoms with van der Waals surface area (Å²) in [5.41, 5.74) is 19.0. The highest BCUT2D eigenvalue weighted by atomic mass is 35.5. The number of carbonyl (C=O) groups excluding carboxylic acids is 6. The van der Waals surface area contributed by atoms with Crippen LogP contribution in [0.2, 0.25) is 10.0 Å². The second-order valence-corrected chi connectivity index (χ2v) is 34.3. The average molecular weight is 1950 g/mol. The van der Waals surface area contributed by atoms with E-state index < -0.39 is 11.7 Å². The summed E-state index contributed by atoms with van der Waals surface area (Å²) in [5, 5.41) is 25.1. The molecule has 0 fully saturated rings. The van der Waals surface area contributed by atoms with E-state index in [9.17, 15) is 46.3 Å². The summed E-state index contributed by atoms with van der Waals surface area (Å²) >= 11 is 12.4. The lowest BCUT2D eigenvalue weighted by atomic mass is 10.0. The average Bonchev–Trinajstić information content (AvgIpc) is 1.62. The lowest BCUT2D eigenvalue weighted by molar-refractivity contribution is -0.137. The molecule has 6 aromatic carbocycles. The molecule has 0 aliphatic rings. The van der Waals surface area contributed by atoms with Gasteiger partial charge in [0.05, 0.1) is 15.6 Å². The third-order valence-corrected chi connectivity index (χ3v) is 22.9. The maximum absolute atomic E-state index is 13.7. The van der Waals surface area contributed by atoms with Crippen LogP contribution in [0.15, 0.2) is 313 Å². The smallest absolute Gasteiger partial charge is 0.361 e. The molecule has 0 atom stereocenters. The number of carbonyl (C=O) groups is 6. The largest absolute Gasteiger partial charge is 0.417 e. The molecule has 0 unspecified atom stereocenters. The normalized spacial score (nSPS) is 10.9. The minimum Gasteiger partial charge on any atom is -0.361 e. The fourth-order valence-corrected chi connectivity index (χ4v) is 14.6. The Morgan fingerprint density at radius 3 is 0.789 bits per heavy atom. The van der Waals surface area contributed by atoms with Gasteiger partial charge < -0.3 is 27.1 Å². The zero-order chi connectivity index (χ0) is 101. The van der Waals surface area contributed by atoms with E-state index in [2.05, 4.69) is 60.8 Å². The predicted octanol–water partition coefficient (Wildman–Crippen LogP) is 26.6. The number of alkyl halides is 3. The molecule has 0 spiro atoms. The van der Waals surface area contributed by atoms with Crippen molar-refractivity contribution in [3.05, 3.63) is 426 Å². The van der Waals surface area contributed by atoms with Crippen molar-refractivity contribution < 1.29 is 73.5 Å². The molecule has 720 valence electrons. The number of benzene rings is 6. The molecule has 0 saturated heterocycles. The van der Waals surface area contributed by atoms with Gasteiger partial charge in [0.1, 0.15) is 74.5 Å². The minimum absolute atomic E-state index is 0.0126. The summed E-state index contributed by atoms with van der Waals surface area (Å²) in [4.78, 5) is 97.6. The van der Waals surface area contributed by atoms with Crippen molar-refractivity contribution in [2.45, 2.75) is 146 Å². The van der Waals surface area contributed by atoms with Crippen LogP contribution in [0.4, 0.5) is 17.6 Å². The van der Waals surface area contributed by atoms with Crippen LogP contribution in [0.1, 0.15) is 192 Å². The van der Waals surface area contributed by atoms with Gasteiger partial charge in [-0.3, -0.25) is 58.7 Å². The van der Waals surface area contributed by atoms with Crippen LogP contribution in [-0.2, 0) is 44.7 Å². The van der Waals surface area contributed by atoms with Crippen molar-refractivity contribution >= 4 is 57.9 Å². The highest BCUT2D eigenvalue weighted by Gasteiger charge is 2.34. The van der Waals surface area contributed by atoms with E-state index in [4.69, 9.17) is 50.3 Å². The Morgan fingerprint density at radius 2 is 0.507 bits per heavy atom. The van der Waals surface area contributed by atoms with Crippen LogP contribution in [-0.4, -0.2) is 95.5 Å². The molecular formula is C112H98Cl2F4N12O12. The lowest BCUT2D eigenvalue weighted by Crippen LogP contribution is -2.06. The highest BCUT2D eigenvalue weighted by molar-refractivity contribution is 6.33. The second kappa shape index (κ2) is 49.9. The molecule has 0 aliphatic carbocycles. The molecule has 18 rings (SSSR count). The SMILES string of the molecule is Cc1ccc(-c2cc(CCC(=O)c3ccc(C)nc3)on2)c(Cl)c1.Cc1ccc(-c2cc(CCC(=O)c3ccc(C)nc3)on2)cc1.Cc1ccc(-c2cc(CCC(=O)c3ccc(C)nc3)on2)cc1.Cc1ccc(C(=O)CCc2cc(-c3ccccc3C(F)(F)F)no2)cn1.Cc1ccc(C(=O)CCc2cc(-c3ccccc3Cl)no2)cn1.Cc1ccc(C(=O)CCc2cc(-c3ccccc3F)no2)cn1. The Hall–Kier alpha value is -16.2. The molecule has 30 heteroatoms. The van der Waals surface area contributed by atoms with Crippen LogP contribution in [0.3, 0.4) is 0 Å². The summed E-state index contributed by atoms with van der Waals surface area (Å²) in [6, 6.07) is 73.1. The minimum atomic E-state index is -4.48. The van der Waals surface area contributed by atoms with Gasteiger partial charge in [0.25, 0.3) is 0 Å². The molecule has 142 heavy (non-hydrogen) atoms. The maximum Gasteiger partial charge on any atom is 0.417 e. The summed E-state index contributed by atoms with van der Waals surface area (Å²) in [5.74, 6) is 3.37. The lowest BCUT2D eigenvalue weighted by Gasteiger charge is -2.10. The maximum atomic E-state index is 13.7. The molecule has 0 amide bonds. The molecule has 18 aromatic rings. The molecule has 0 aliphatic heterocycles. The molecular weight excluding hydrogens is 1850 g/mol. The van der Waals surface area contributed by atoms with Crippen LogP contribution < -0.4 is 0 Å². The first kappa shape index (κ1) is 103. The molecule has 12 heterocycles. The highest BCUT2D eigenvalue weighted by Crippen LogP contribution is 2.38. The van der Waals surface area contributed by atoms with Gasteiger partial charge >= 0.3 is 6.18 Å². The van der Waals surface area contributed by atoms with Gasteiger partial charge in [-0.15, -0.1) is 0 Å². The molecule has 12 aromatic heterocycles. The van der Waals surface area contributed by atoms with Gasteiger partial charge in [-0.2, -0.15) is 13.2 Å². The fourth-order valence-electron chi connectivity index (χ4n) is 14.0. The van der Waals surface area contributed by atoms with E-state index in [-0.39, 0.29) is 71.0 Å². The van der Waals surface area contributed by atoms with Crippen molar-refractivity contribution in [2.24, 2.45) is 0 Å². The molecule has 24 nitrogen and oxygen atoms in total. The third-order valence-electron chi connectivity index (χ3n) is 22.2. The van der Waals surface area contributed by atoms with Crippen LogP contribution >= 0.6 is 23.2 Å². The molecule has 0 bridgehead atoms. The zero-order valence-corrected chi connectivity index (χ0v) is 80.7. The number of aromatic nitrogens is 12. The van der Waals surface area contributed by atoms with E-state index in [0.29, 0.717) is 158 Å². The number of hydrogen-bond acceptors (Lipinski definition) is 24. The van der Waals surface area contributed by atoms with Crippen molar-refractivity contribution in [3.8, 4) is 67.5 Å². The number of rotatable bonds is 30. The number of ketones is 6. The second-order valence-electron chi connectivity index (χ2n) is 33.5. The van der Waals surface area contributed by atoms with Gasteiger partial charge in [-0.25, -0.2) is 4.39 Å². The molecule has 0 saturated carbocycles. The summed E-state index contributed by atoms with van der Waals surface area (Å²) in [7, 11) is 0. The number of hydrogen-bond donors (Lipinski definition) is 0. The van der Waals surface area contributed by atoms with E-state index in [1.54, 1.807) is 97.7 Å².